The molecule has 0 bridgehead atoms. The number of hydrogen-bond donors (Lipinski definition) is 0. The minimum Gasteiger partial charge on any atom is -0.495 e. The Morgan fingerprint density at radius 3 is 2.72 bits per heavy atom. The summed E-state index contributed by atoms with van der Waals surface area (Å²) in [5.74, 6) is 2.69. The maximum Gasteiger partial charge on any atom is 0.250 e. The number of nitrogens with zero attached hydrogens (tertiary/aromatic N) is 4. The van der Waals surface area contributed by atoms with Crippen LogP contribution in [0.15, 0.2) is 41.6 Å². The third-order valence-corrected chi connectivity index (χ3v) is 5.32. The fourth-order valence-electron chi connectivity index (χ4n) is 3.51. The highest BCUT2D eigenvalue weighted by atomic mass is 16.5. The zero-order chi connectivity index (χ0) is 20.5. The molecule has 0 aromatic carbocycles. The molecule has 150 valence electrons. The van der Waals surface area contributed by atoms with Gasteiger partial charge in [-0.1, -0.05) is 0 Å². The molecule has 1 saturated carbocycles. The third-order valence-electron chi connectivity index (χ3n) is 5.32. The second-order valence-electron chi connectivity index (χ2n) is 7.49. The standard InChI is InChI=1S/C22H24N4O3/c1-13-11-26(3)21(27)8-17(13)19-10-23-14(2)25-22(19)29-12-15-7-18(15)20-6-5-16(28-4)9-24-20/h5-6,8-11,15,18H,7,12H2,1-4H3. The van der Waals surface area contributed by atoms with E-state index in [1.54, 1.807) is 37.2 Å². The zero-order valence-corrected chi connectivity index (χ0v) is 17.0. The minimum atomic E-state index is -0.0787. The molecular formula is C22H24N4O3. The Hall–Kier alpha value is -3.22. The summed E-state index contributed by atoms with van der Waals surface area (Å²) >= 11 is 0. The van der Waals surface area contributed by atoms with Gasteiger partial charge in [-0.25, -0.2) is 4.98 Å². The summed E-state index contributed by atoms with van der Waals surface area (Å²) in [6.07, 6.45) is 6.32. The van der Waals surface area contributed by atoms with Crippen LogP contribution in [0.25, 0.3) is 11.1 Å². The smallest absolute Gasteiger partial charge is 0.250 e. The van der Waals surface area contributed by atoms with Gasteiger partial charge in [0.1, 0.15) is 11.6 Å². The molecule has 29 heavy (non-hydrogen) atoms. The minimum absolute atomic E-state index is 0.0787. The Bertz CT molecular complexity index is 1090. The van der Waals surface area contributed by atoms with Crippen molar-refractivity contribution in [1.82, 2.24) is 19.5 Å². The molecule has 2 unspecified atom stereocenters. The van der Waals surface area contributed by atoms with Gasteiger partial charge in [-0.15, -0.1) is 0 Å². The van der Waals surface area contributed by atoms with Crippen molar-refractivity contribution in [2.45, 2.75) is 26.2 Å². The van der Waals surface area contributed by atoms with Crippen LogP contribution in [0.3, 0.4) is 0 Å². The molecule has 7 nitrogen and oxygen atoms in total. The van der Waals surface area contributed by atoms with Crippen LogP contribution in [0.5, 0.6) is 11.6 Å². The molecule has 1 fully saturated rings. The number of methoxy groups -OCH3 is 1. The van der Waals surface area contributed by atoms with Crippen LogP contribution in [-0.4, -0.2) is 33.2 Å². The predicted molar refractivity (Wildman–Crippen MR) is 109 cm³/mol. The van der Waals surface area contributed by atoms with Crippen LogP contribution in [0, 0.1) is 19.8 Å². The molecule has 0 radical (unpaired) electrons. The van der Waals surface area contributed by atoms with Crippen molar-refractivity contribution in [3.8, 4) is 22.8 Å². The number of pyridine rings is 2. The highest BCUT2D eigenvalue weighted by molar-refractivity contribution is 5.70. The molecule has 3 aromatic heterocycles. The first-order chi connectivity index (χ1) is 14.0. The molecule has 7 heteroatoms. The second kappa shape index (κ2) is 7.66. The summed E-state index contributed by atoms with van der Waals surface area (Å²) in [6.45, 7) is 4.34. The topological polar surface area (TPSA) is 79.1 Å². The van der Waals surface area contributed by atoms with Crippen LogP contribution in [-0.2, 0) is 7.05 Å². The van der Waals surface area contributed by atoms with E-state index in [2.05, 4.69) is 15.0 Å². The van der Waals surface area contributed by atoms with E-state index >= 15 is 0 Å². The molecule has 0 spiro atoms. The second-order valence-corrected chi connectivity index (χ2v) is 7.49. The van der Waals surface area contributed by atoms with Crippen LogP contribution in [0.2, 0.25) is 0 Å². The van der Waals surface area contributed by atoms with Gasteiger partial charge in [0.2, 0.25) is 5.88 Å². The average molecular weight is 392 g/mol. The molecule has 4 rings (SSSR count). The molecule has 0 N–H and O–H groups in total. The molecule has 0 saturated heterocycles. The zero-order valence-electron chi connectivity index (χ0n) is 17.0. The van der Waals surface area contributed by atoms with E-state index in [1.165, 1.54) is 0 Å². The van der Waals surface area contributed by atoms with Crippen molar-refractivity contribution < 1.29 is 9.47 Å². The van der Waals surface area contributed by atoms with E-state index in [4.69, 9.17) is 9.47 Å². The lowest BCUT2D eigenvalue weighted by Crippen LogP contribution is -2.16. The van der Waals surface area contributed by atoms with Crippen molar-refractivity contribution in [1.29, 1.82) is 0 Å². The first kappa shape index (κ1) is 19.1. The van der Waals surface area contributed by atoms with Crippen molar-refractivity contribution in [2.24, 2.45) is 13.0 Å². The quantitative estimate of drug-likeness (QED) is 0.642. The Morgan fingerprint density at radius 1 is 1.17 bits per heavy atom. The highest BCUT2D eigenvalue weighted by Crippen LogP contribution is 2.47. The van der Waals surface area contributed by atoms with Crippen molar-refractivity contribution in [3.63, 3.8) is 0 Å². The van der Waals surface area contributed by atoms with Crippen LogP contribution in [0.1, 0.15) is 29.4 Å². The van der Waals surface area contributed by atoms with Gasteiger partial charge in [-0.2, -0.15) is 4.98 Å². The van der Waals surface area contributed by atoms with Gasteiger partial charge in [0, 0.05) is 43.0 Å². The summed E-state index contributed by atoms with van der Waals surface area (Å²) in [6, 6.07) is 5.55. The largest absolute Gasteiger partial charge is 0.495 e. The fraction of sp³-hybridized carbons (Fsp3) is 0.364. The monoisotopic (exact) mass is 392 g/mol. The predicted octanol–water partition coefficient (Wildman–Crippen LogP) is 3.05. The van der Waals surface area contributed by atoms with Crippen molar-refractivity contribution >= 4 is 0 Å². The number of hydrogen-bond acceptors (Lipinski definition) is 6. The molecule has 2 atom stereocenters. The van der Waals surface area contributed by atoms with E-state index in [0.29, 0.717) is 30.1 Å². The maximum atomic E-state index is 12.1. The number of rotatable bonds is 6. The lowest BCUT2D eigenvalue weighted by molar-refractivity contribution is 0.285. The Labute approximate surface area is 169 Å². The fourth-order valence-corrected chi connectivity index (χ4v) is 3.51. The highest BCUT2D eigenvalue weighted by Gasteiger charge is 2.40. The summed E-state index contributed by atoms with van der Waals surface area (Å²) in [7, 11) is 3.37. The summed E-state index contributed by atoms with van der Waals surface area (Å²) in [5.41, 5.74) is 3.49. The normalized spacial score (nSPS) is 17.8. The Kier molecular flexibility index (Phi) is 5.05. The van der Waals surface area contributed by atoms with Gasteiger partial charge in [-0.05, 0) is 43.5 Å². The SMILES string of the molecule is COc1ccc(C2CC2COc2nc(C)ncc2-c2cc(=O)n(C)cc2C)nc1. The van der Waals surface area contributed by atoms with E-state index < -0.39 is 0 Å². The van der Waals surface area contributed by atoms with Gasteiger partial charge in [0.05, 0.1) is 25.5 Å². The van der Waals surface area contributed by atoms with Crippen LogP contribution in [0.4, 0.5) is 0 Å². The molecule has 3 aromatic rings. The molecule has 1 aliphatic rings. The van der Waals surface area contributed by atoms with Crippen molar-refractivity contribution in [3.05, 3.63) is 64.2 Å². The van der Waals surface area contributed by atoms with E-state index in [-0.39, 0.29) is 5.56 Å². The number of aryl methyl sites for hydroxylation is 3. The maximum absolute atomic E-state index is 12.1. The molecule has 1 aliphatic carbocycles. The Balaban J connectivity index is 1.52. The summed E-state index contributed by atoms with van der Waals surface area (Å²) in [4.78, 5) is 25.4. The third kappa shape index (κ3) is 3.99. The van der Waals surface area contributed by atoms with E-state index in [0.717, 1.165) is 34.6 Å². The first-order valence-corrected chi connectivity index (χ1v) is 9.60. The van der Waals surface area contributed by atoms with Crippen molar-refractivity contribution in [2.75, 3.05) is 13.7 Å². The number of ether oxygens (including phenoxy) is 2. The van der Waals surface area contributed by atoms with Gasteiger partial charge < -0.3 is 14.0 Å². The molecule has 3 heterocycles. The van der Waals surface area contributed by atoms with Gasteiger partial charge in [0.15, 0.2) is 0 Å². The van der Waals surface area contributed by atoms with Crippen LogP contribution >= 0.6 is 0 Å². The van der Waals surface area contributed by atoms with E-state index in [1.807, 2.05) is 32.2 Å². The lowest BCUT2D eigenvalue weighted by atomic mass is 10.1. The van der Waals surface area contributed by atoms with Crippen LogP contribution < -0.4 is 15.0 Å². The molecule has 0 aliphatic heterocycles. The lowest BCUT2D eigenvalue weighted by Gasteiger charge is -2.13. The summed E-state index contributed by atoms with van der Waals surface area (Å²) < 4.78 is 12.8. The van der Waals surface area contributed by atoms with Gasteiger partial charge in [-0.3, -0.25) is 9.78 Å². The summed E-state index contributed by atoms with van der Waals surface area (Å²) in [5, 5.41) is 0. The van der Waals surface area contributed by atoms with Gasteiger partial charge in [0.25, 0.3) is 5.56 Å². The average Bonchev–Trinajstić information content (AvgIpc) is 3.49. The Morgan fingerprint density at radius 2 is 2.00 bits per heavy atom. The molecular weight excluding hydrogens is 368 g/mol. The number of aromatic nitrogens is 4. The van der Waals surface area contributed by atoms with Gasteiger partial charge >= 0.3 is 0 Å². The van der Waals surface area contributed by atoms with E-state index in [9.17, 15) is 4.79 Å². The molecule has 0 amide bonds. The first-order valence-electron chi connectivity index (χ1n) is 9.60.